The van der Waals surface area contributed by atoms with Crippen LogP contribution in [0.5, 0.6) is 5.75 Å². The highest BCUT2D eigenvalue weighted by Gasteiger charge is 2.45. The van der Waals surface area contributed by atoms with Crippen LogP contribution in [0.3, 0.4) is 0 Å². The first-order valence-corrected chi connectivity index (χ1v) is 7.21. The number of hydrogen-bond acceptors (Lipinski definition) is 2. The minimum Gasteiger partial charge on any atom is -0.479 e. The van der Waals surface area contributed by atoms with Gasteiger partial charge in [-0.3, -0.25) is 0 Å². The number of nitrogens with two attached hydrogens (primary N) is 1. The highest BCUT2D eigenvalue weighted by Crippen LogP contribution is 2.31. The highest BCUT2D eigenvalue weighted by atomic mass is 19.4. The molecule has 0 aliphatic rings. The molecule has 120 valence electrons. The number of hydrogen-bond donors (Lipinski definition) is 1. The van der Waals surface area contributed by atoms with E-state index in [9.17, 15) is 13.2 Å². The summed E-state index contributed by atoms with van der Waals surface area (Å²) < 4.78 is 44.0. The van der Waals surface area contributed by atoms with Crippen molar-refractivity contribution in [2.24, 2.45) is 5.73 Å². The first-order chi connectivity index (χ1) is 9.61. The zero-order valence-electron chi connectivity index (χ0n) is 13.0. The molecule has 0 aliphatic carbocycles. The Morgan fingerprint density at radius 3 is 2.00 bits per heavy atom. The third-order valence-electron chi connectivity index (χ3n) is 3.97. The molecule has 2 unspecified atom stereocenters. The summed E-state index contributed by atoms with van der Waals surface area (Å²) in [5.74, 6) is 0.192. The van der Waals surface area contributed by atoms with E-state index in [0.717, 1.165) is 12.0 Å². The smallest absolute Gasteiger partial charge is 0.426 e. The maximum absolute atomic E-state index is 13.0. The van der Waals surface area contributed by atoms with E-state index >= 15 is 0 Å². The maximum atomic E-state index is 13.0. The van der Waals surface area contributed by atoms with Gasteiger partial charge in [-0.1, -0.05) is 39.8 Å². The van der Waals surface area contributed by atoms with Crippen LogP contribution in [0, 0.1) is 0 Å². The van der Waals surface area contributed by atoms with E-state index in [1.807, 2.05) is 12.1 Å². The van der Waals surface area contributed by atoms with Crippen molar-refractivity contribution >= 4 is 0 Å². The van der Waals surface area contributed by atoms with Crippen molar-refractivity contribution in [2.45, 2.75) is 64.3 Å². The second kappa shape index (κ2) is 6.69. The Morgan fingerprint density at radius 2 is 1.62 bits per heavy atom. The molecule has 0 aliphatic heterocycles. The number of rotatable bonds is 6. The van der Waals surface area contributed by atoms with Crippen LogP contribution in [0.4, 0.5) is 13.2 Å². The molecule has 0 aromatic heterocycles. The van der Waals surface area contributed by atoms with Gasteiger partial charge >= 0.3 is 6.18 Å². The molecular weight excluding hydrogens is 279 g/mol. The highest BCUT2D eigenvalue weighted by molar-refractivity contribution is 5.31. The summed E-state index contributed by atoms with van der Waals surface area (Å²) in [6.45, 7) is 7.87. The number of alkyl halides is 3. The molecule has 1 aromatic carbocycles. The predicted octanol–water partition coefficient (Wildman–Crippen LogP) is 4.42. The Kier molecular flexibility index (Phi) is 5.68. The van der Waals surface area contributed by atoms with Crippen LogP contribution < -0.4 is 10.5 Å². The van der Waals surface area contributed by atoms with Crippen LogP contribution in [0.25, 0.3) is 0 Å². The van der Waals surface area contributed by atoms with Crippen LogP contribution in [0.1, 0.15) is 46.1 Å². The van der Waals surface area contributed by atoms with Gasteiger partial charge in [-0.25, -0.2) is 0 Å². The van der Waals surface area contributed by atoms with Crippen molar-refractivity contribution in [3.8, 4) is 5.75 Å². The third kappa shape index (κ3) is 4.63. The molecule has 0 amide bonds. The van der Waals surface area contributed by atoms with Gasteiger partial charge in [-0.15, -0.1) is 0 Å². The van der Waals surface area contributed by atoms with Gasteiger partial charge in [0.1, 0.15) is 5.75 Å². The minimum atomic E-state index is -4.48. The quantitative estimate of drug-likeness (QED) is 0.844. The SMILES string of the molecule is CCC(N)C(Oc1ccc(C(C)(C)CC)cc1)C(F)(F)F. The van der Waals surface area contributed by atoms with Gasteiger partial charge in [0, 0.05) is 0 Å². The molecular formula is C16H24F3NO. The van der Waals surface area contributed by atoms with Crippen LogP contribution >= 0.6 is 0 Å². The number of ether oxygens (including phenoxy) is 1. The summed E-state index contributed by atoms with van der Waals surface area (Å²) in [6, 6.07) is 5.70. The first kappa shape index (κ1) is 17.8. The standard InChI is InChI=1S/C16H24F3NO/c1-5-13(20)14(16(17,18)19)21-12-9-7-11(8-10-12)15(3,4)6-2/h7-10,13-14H,5-6,20H2,1-4H3. The Morgan fingerprint density at radius 1 is 1.10 bits per heavy atom. The summed E-state index contributed by atoms with van der Waals surface area (Å²) in [5, 5.41) is 0. The van der Waals surface area contributed by atoms with Gasteiger partial charge in [0.05, 0.1) is 6.04 Å². The van der Waals surface area contributed by atoms with Crippen LogP contribution in [0.2, 0.25) is 0 Å². The molecule has 0 spiro atoms. The van der Waals surface area contributed by atoms with Crippen molar-refractivity contribution in [3.05, 3.63) is 29.8 Å². The van der Waals surface area contributed by atoms with E-state index in [0.29, 0.717) is 0 Å². The maximum Gasteiger partial charge on any atom is 0.426 e. The molecule has 1 rings (SSSR count). The number of halogens is 3. The molecule has 21 heavy (non-hydrogen) atoms. The monoisotopic (exact) mass is 303 g/mol. The summed E-state index contributed by atoms with van der Waals surface area (Å²) in [6.07, 6.45) is -5.31. The van der Waals surface area contributed by atoms with E-state index in [-0.39, 0.29) is 17.6 Å². The van der Waals surface area contributed by atoms with Gasteiger partial charge in [0.15, 0.2) is 0 Å². The van der Waals surface area contributed by atoms with E-state index in [2.05, 4.69) is 20.8 Å². The fourth-order valence-electron chi connectivity index (χ4n) is 1.95. The van der Waals surface area contributed by atoms with E-state index in [1.54, 1.807) is 19.1 Å². The molecule has 0 radical (unpaired) electrons. The number of benzene rings is 1. The molecule has 1 aromatic rings. The van der Waals surface area contributed by atoms with E-state index in [4.69, 9.17) is 10.5 Å². The van der Waals surface area contributed by atoms with Gasteiger partial charge in [-0.2, -0.15) is 13.2 Å². The normalized spacial score (nSPS) is 15.6. The van der Waals surface area contributed by atoms with Crippen molar-refractivity contribution in [3.63, 3.8) is 0 Å². The lowest BCUT2D eigenvalue weighted by Gasteiger charge is -2.27. The van der Waals surface area contributed by atoms with Crippen LogP contribution in [-0.2, 0) is 5.41 Å². The Bertz CT molecular complexity index is 440. The first-order valence-electron chi connectivity index (χ1n) is 7.21. The van der Waals surface area contributed by atoms with E-state index in [1.165, 1.54) is 0 Å². The molecule has 0 saturated carbocycles. The predicted molar refractivity (Wildman–Crippen MR) is 78.5 cm³/mol. The minimum absolute atomic E-state index is 0.0121. The summed E-state index contributed by atoms with van der Waals surface area (Å²) >= 11 is 0. The van der Waals surface area contributed by atoms with Crippen molar-refractivity contribution in [1.82, 2.24) is 0 Å². The molecule has 2 nitrogen and oxygen atoms in total. The molecule has 2 N–H and O–H groups in total. The molecule has 0 heterocycles. The molecule has 5 heteroatoms. The fraction of sp³-hybridized carbons (Fsp3) is 0.625. The van der Waals surface area contributed by atoms with Crippen LogP contribution in [-0.4, -0.2) is 18.3 Å². The summed E-state index contributed by atoms with van der Waals surface area (Å²) in [7, 11) is 0. The van der Waals surface area contributed by atoms with E-state index < -0.39 is 18.3 Å². The van der Waals surface area contributed by atoms with Gasteiger partial charge in [-0.05, 0) is 36.0 Å². The zero-order chi connectivity index (χ0) is 16.3. The van der Waals surface area contributed by atoms with Gasteiger partial charge in [0.2, 0.25) is 6.10 Å². The van der Waals surface area contributed by atoms with Gasteiger partial charge in [0.25, 0.3) is 0 Å². The lowest BCUT2D eigenvalue weighted by Crippen LogP contribution is -2.48. The molecule has 0 saturated heterocycles. The molecule has 0 fully saturated rings. The third-order valence-corrected chi connectivity index (χ3v) is 3.97. The Labute approximate surface area is 124 Å². The molecule has 0 bridgehead atoms. The lowest BCUT2D eigenvalue weighted by molar-refractivity contribution is -0.200. The van der Waals surface area contributed by atoms with Gasteiger partial charge < -0.3 is 10.5 Å². The second-order valence-corrected chi connectivity index (χ2v) is 5.91. The fourth-order valence-corrected chi connectivity index (χ4v) is 1.95. The van der Waals surface area contributed by atoms with Crippen molar-refractivity contribution < 1.29 is 17.9 Å². The van der Waals surface area contributed by atoms with Crippen molar-refractivity contribution in [2.75, 3.05) is 0 Å². The largest absolute Gasteiger partial charge is 0.479 e. The zero-order valence-corrected chi connectivity index (χ0v) is 13.0. The second-order valence-electron chi connectivity index (χ2n) is 5.91. The van der Waals surface area contributed by atoms with Crippen molar-refractivity contribution in [1.29, 1.82) is 0 Å². The lowest BCUT2D eigenvalue weighted by atomic mass is 9.82. The molecule has 2 atom stereocenters. The Balaban J connectivity index is 2.91. The average molecular weight is 303 g/mol. The average Bonchev–Trinajstić information content (AvgIpc) is 2.43. The summed E-state index contributed by atoms with van der Waals surface area (Å²) in [5.41, 5.74) is 6.58. The summed E-state index contributed by atoms with van der Waals surface area (Å²) in [4.78, 5) is 0. The topological polar surface area (TPSA) is 35.2 Å². The van der Waals surface area contributed by atoms with Crippen LogP contribution in [0.15, 0.2) is 24.3 Å². The Hall–Kier alpha value is -1.23.